The summed E-state index contributed by atoms with van der Waals surface area (Å²) in [4.78, 5) is 23.6. The van der Waals surface area contributed by atoms with Crippen LogP contribution in [0.15, 0.2) is 30.3 Å². The van der Waals surface area contributed by atoms with Crippen molar-refractivity contribution in [2.75, 3.05) is 0 Å². The number of amides is 1. The van der Waals surface area contributed by atoms with E-state index in [-0.39, 0.29) is 17.7 Å². The third-order valence-electron chi connectivity index (χ3n) is 4.61. The Morgan fingerprint density at radius 3 is 2.32 bits per heavy atom. The zero-order chi connectivity index (χ0) is 16.2. The van der Waals surface area contributed by atoms with Gasteiger partial charge < -0.3 is 10.4 Å². The van der Waals surface area contributed by atoms with Gasteiger partial charge in [-0.2, -0.15) is 0 Å². The third kappa shape index (κ3) is 4.09. The van der Waals surface area contributed by atoms with E-state index in [1.54, 1.807) is 0 Å². The van der Waals surface area contributed by atoms with E-state index in [2.05, 4.69) is 5.32 Å². The van der Waals surface area contributed by atoms with Crippen molar-refractivity contribution in [2.45, 2.75) is 63.3 Å². The Bertz CT molecular complexity index is 531. The molecule has 1 aromatic rings. The van der Waals surface area contributed by atoms with Crippen LogP contribution in [0, 0.1) is 0 Å². The van der Waals surface area contributed by atoms with Crippen LogP contribution in [0.4, 0.5) is 0 Å². The molecule has 4 heteroatoms. The number of carbonyl (C=O) groups is 2. The Hall–Kier alpha value is -1.84. The van der Waals surface area contributed by atoms with Crippen molar-refractivity contribution in [3.63, 3.8) is 0 Å². The SMILES string of the molecule is CC(C)(CC(=O)NC1(CC(=O)O)CCCC1)c1ccccc1. The molecule has 0 bridgehead atoms. The first kappa shape index (κ1) is 16.5. The third-order valence-corrected chi connectivity index (χ3v) is 4.61. The largest absolute Gasteiger partial charge is 0.481 e. The predicted octanol–water partition coefficient (Wildman–Crippen LogP) is 3.26. The van der Waals surface area contributed by atoms with Crippen LogP contribution in [0.3, 0.4) is 0 Å². The van der Waals surface area contributed by atoms with Gasteiger partial charge in [0.1, 0.15) is 0 Å². The van der Waals surface area contributed by atoms with Crippen molar-refractivity contribution in [3.8, 4) is 0 Å². The fraction of sp³-hybridized carbons (Fsp3) is 0.556. The van der Waals surface area contributed by atoms with Crippen LogP contribution in [0.25, 0.3) is 0 Å². The maximum Gasteiger partial charge on any atom is 0.305 e. The van der Waals surface area contributed by atoms with Gasteiger partial charge in [0.2, 0.25) is 5.91 Å². The number of carbonyl (C=O) groups excluding carboxylic acids is 1. The van der Waals surface area contributed by atoms with E-state index >= 15 is 0 Å². The minimum absolute atomic E-state index is 0.0184. The molecule has 1 amide bonds. The van der Waals surface area contributed by atoms with Gasteiger partial charge in [0.15, 0.2) is 0 Å². The number of carboxylic acids is 1. The van der Waals surface area contributed by atoms with Gasteiger partial charge in [-0.05, 0) is 23.8 Å². The molecular formula is C18H25NO3. The van der Waals surface area contributed by atoms with Crippen LogP contribution in [0.1, 0.15) is 57.9 Å². The van der Waals surface area contributed by atoms with Crippen molar-refractivity contribution >= 4 is 11.9 Å². The minimum atomic E-state index is -0.843. The summed E-state index contributed by atoms with van der Waals surface area (Å²) in [5.74, 6) is -0.901. The second-order valence-electron chi connectivity index (χ2n) is 7.03. The molecule has 4 nitrogen and oxygen atoms in total. The van der Waals surface area contributed by atoms with E-state index in [4.69, 9.17) is 5.11 Å². The highest BCUT2D eigenvalue weighted by atomic mass is 16.4. The number of aliphatic carboxylic acids is 1. The lowest BCUT2D eigenvalue weighted by Gasteiger charge is -2.31. The number of rotatable bonds is 6. The zero-order valence-electron chi connectivity index (χ0n) is 13.4. The summed E-state index contributed by atoms with van der Waals surface area (Å²) in [7, 11) is 0. The second-order valence-corrected chi connectivity index (χ2v) is 7.03. The van der Waals surface area contributed by atoms with Crippen LogP contribution < -0.4 is 5.32 Å². The van der Waals surface area contributed by atoms with Gasteiger partial charge in [0, 0.05) is 6.42 Å². The van der Waals surface area contributed by atoms with Crippen LogP contribution in [-0.4, -0.2) is 22.5 Å². The molecule has 0 aromatic heterocycles. The first-order chi connectivity index (χ1) is 10.3. The number of hydrogen-bond donors (Lipinski definition) is 2. The molecule has 1 saturated carbocycles. The van der Waals surface area contributed by atoms with Crippen molar-refractivity contribution in [1.29, 1.82) is 0 Å². The minimum Gasteiger partial charge on any atom is -0.481 e. The Kier molecular flexibility index (Phi) is 4.89. The van der Waals surface area contributed by atoms with Gasteiger partial charge in [-0.15, -0.1) is 0 Å². The van der Waals surface area contributed by atoms with Crippen molar-refractivity contribution in [3.05, 3.63) is 35.9 Å². The van der Waals surface area contributed by atoms with E-state index in [9.17, 15) is 9.59 Å². The maximum absolute atomic E-state index is 12.5. The normalized spacial score (nSPS) is 17.2. The van der Waals surface area contributed by atoms with Crippen LogP contribution in [0.2, 0.25) is 0 Å². The highest BCUT2D eigenvalue weighted by molar-refractivity contribution is 5.79. The summed E-state index contributed by atoms with van der Waals surface area (Å²) >= 11 is 0. The van der Waals surface area contributed by atoms with Gasteiger partial charge in [-0.3, -0.25) is 9.59 Å². The van der Waals surface area contributed by atoms with E-state index in [0.29, 0.717) is 6.42 Å². The fourth-order valence-corrected chi connectivity index (χ4v) is 3.42. The van der Waals surface area contributed by atoms with E-state index in [1.165, 1.54) is 0 Å². The molecule has 0 spiro atoms. The van der Waals surface area contributed by atoms with Crippen molar-refractivity contribution in [2.24, 2.45) is 0 Å². The van der Waals surface area contributed by atoms with Gasteiger partial charge >= 0.3 is 5.97 Å². The summed E-state index contributed by atoms with van der Waals surface area (Å²) in [5, 5.41) is 12.1. The molecule has 0 unspecified atom stereocenters. The molecule has 2 N–H and O–H groups in total. The molecule has 0 radical (unpaired) electrons. The fourth-order valence-electron chi connectivity index (χ4n) is 3.42. The molecular weight excluding hydrogens is 278 g/mol. The van der Waals surface area contributed by atoms with E-state index in [1.807, 2.05) is 44.2 Å². The smallest absolute Gasteiger partial charge is 0.305 e. The van der Waals surface area contributed by atoms with Gasteiger partial charge in [0.05, 0.1) is 12.0 Å². The molecule has 2 rings (SSSR count). The van der Waals surface area contributed by atoms with Crippen LogP contribution in [0.5, 0.6) is 0 Å². The molecule has 1 aliphatic carbocycles. The predicted molar refractivity (Wildman–Crippen MR) is 85.7 cm³/mol. The summed E-state index contributed by atoms with van der Waals surface area (Å²) in [5.41, 5.74) is 0.299. The summed E-state index contributed by atoms with van der Waals surface area (Å²) in [6.45, 7) is 4.08. The molecule has 0 aliphatic heterocycles. The van der Waals surface area contributed by atoms with Crippen LogP contribution in [-0.2, 0) is 15.0 Å². The lowest BCUT2D eigenvalue weighted by molar-refractivity contribution is -0.139. The zero-order valence-corrected chi connectivity index (χ0v) is 13.4. The highest BCUT2D eigenvalue weighted by Crippen LogP contribution is 2.34. The average molecular weight is 303 g/mol. The lowest BCUT2D eigenvalue weighted by atomic mass is 9.81. The lowest BCUT2D eigenvalue weighted by Crippen LogP contribution is -2.49. The number of benzene rings is 1. The molecule has 1 aromatic carbocycles. The highest BCUT2D eigenvalue weighted by Gasteiger charge is 2.38. The molecule has 120 valence electrons. The molecule has 1 aliphatic rings. The van der Waals surface area contributed by atoms with Crippen molar-refractivity contribution in [1.82, 2.24) is 5.32 Å². The monoisotopic (exact) mass is 303 g/mol. The first-order valence-electron chi connectivity index (χ1n) is 7.91. The quantitative estimate of drug-likeness (QED) is 0.847. The molecule has 0 heterocycles. The van der Waals surface area contributed by atoms with Crippen LogP contribution >= 0.6 is 0 Å². The van der Waals surface area contributed by atoms with Gasteiger partial charge in [0.25, 0.3) is 0 Å². The van der Waals surface area contributed by atoms with E-state index in [0.717, 1.165) is 31.2 Å². The standard InChI is InChI=1S/C18H25NO3/c1-17(2,14-8-4-3-5-9-14)12-15(20)19-18(13-16(21)22)10-6-7-11-18/h3-5,8-9H,6-7,10-13H2,1-2H3,(H,19,20)(H,21,22). The molecule has 1 fully saturated rings. The molecule has 0 saturated heterocycles. The molecule has 0 atom stereocenters. The van der Waals surface area contributed by atoms with Crippen molar-refractivity contribution < 1.29 is 14.7 Å². The topological polar surface area (TPSA) is 66.4 Å². The summed E-state index contributed by atoms with van der Waals surface area (Å²) in [6, 6.07) is 9.95. The second kappa shape index (κ2) is 6.51. The Labute approximate surface area is 131 Å². The Balaban J connectivity index is 2.04. The average Bonchev–Trinajstić information content (AvgIpc) is 2.86. The Morgan fingerprint density at radius 2 is 1.77 bits per heavy atom. The number of carboxylic acid groups (broad SMARTS) is 1. The Morgan fingerprint density at radius 1 is 1.18 bits per heavy atom. The van der Waals surface area contributed by atoms with E-state index < -0.39 is 11.5 Å². The molecule has 22 heavy (non-hydrogen) atoms. The summed E-state index contributed by atoms with van der Waals surface area (Å²) in [6.07, 6.45) is 3.86. The number of nitrogens with one attached hydrogen (secondary N) is 1. The summed E-state index contributed by atoms with van der Waals surface area (Å²) < 4.78 is 0. The van der Waals surface area contributed by atoms with Gasteiger partial charge in [-0.25, -0.2) is 0 Å². The van der Waals surface area contributed by atoms with Gasteiger partial charge in [-0.1, -0.05) is 57.0 Å². The maximum atomic E-state index is 12.5. The first-order valence-corrected chi connectivity index (χ1v) is 7.91. The number of hydrogen-bond acceptors (Lipinski definition) is 2.